The third kappa shape index (κ3) is 3.56. The van der Waals surface area contributed by atoms with Gasteiger partial charge < -0.3 is 20.9 Å². The minimum absolute atomic E-state index is 0.0329. The first-order chi connectivity index (χ1) is 15.2. The number of fused-ring (bicyclic) bond motifs is 1. The molecule has 3 aromatic rings. The molecule has 1 amide bonds. The molecule has 5 nitrogen and oxygen atoms in total. The summed E-state index contributed by atoms with van der Waals surface area (Å²) in [5, 5.41) is 0. The number of benzene rings is 3. The number of carbonyl (C=O) groups excluding carboxylic acids is 1. The summed E-state index contributed by atoms with van der Waals surface area (Å²) in [6.07, 6.45) is -4.58. The van der Waals surface area contributed by atoms with E-state index < -0.39 is 23.2 Å². The predicted octanol–water partition coefficient (Wildman–Crippen LogP) is 4.27. The fraction of sp³-hybridized carbons (Fsp3) is 0.208. The average Bonchev–Trinajstić information content (AvgIpc) is 3.18. The van der Waals surface area contributed by atoms with E-state index >= 15 is 0 Å². The molecule has 0 unspecified atom stereocenters. The molecule has 1 atom stereocenters. The normalized spacial score (nSPS) is 17.5. The highest BCUT2D eigenvalue weighted by Gasteiger charge is 2.45. The Morgan fingerprint density at radius 3 is 2.44 bits per heavy atom. The van der Waals surface area contributed by atoms with Gasteiger partial charge in [-0.1, -0.05) is 30.3 Å². The standard InChI is InChI=1S/C24H21F3N2O3/c1-31-15-7-8-16(22(29)30)17(11-15)21-18-12-23(13-28,14-5-3-2-4-6-14)32-20(18)10-9-19(21)24(25,26)27/h2-11H,12-13,28H2,1H3,(H2,29,30)/t23-/m1/s1. The second kappa shape index (κ2) is 7.87. The molecular formula is C24H21F3N2O3. The maximum atomic E-state index is 14.1. The van der Waals surface area contributed by atoms with Crippen molar-refractivity contribution in [3.05, 3.63) is 82.9 Å². The van der Waals surface area contributed by atoms with Crippen molar-refractivity contribution in [1.82, 2.24) is 0 Å². The highest BCUT2D eigenvalue weighted by atomic mass is 19.4. The van der Waals surface area contributed by atoms with Crippen LogP contribution in [0.15, 0.2) is 60.7 Å². The van der Waals surface area contributed by atoms with Crippen molar-refractivity contribution < 1.29 is 27.4 Å². The third-order valence-electron chi connectivity index (χ3n) is 5.73. The highest BCUT2D eigenvalue weighted by molar-refractivity contribution is 6.01. The van der Waals surface area contributed by atoms with E-state index in [2.05, 4.69) is 0 Å². The molecule has 1 aliphatic rings. The van der Waals surface area contributed by atoms with Gasteiger partial charge in [-0.2, -0.15) is 13.2 Å². The number of nitrogens with two attached hydrogens (primary N) is 2. The van der Waals surface area contributed by atoms with Crippen molar-refractivity contribution in [2.24, 2.45) is 11.5 Å². The van der Waals surface area contributed by atoms with Gasteiger partial charge in [-0.3, -0.25) is 4.79 Å². The van der Waals surface area contributed by atoms with Gasteiger partial charge in [0.25, 0.3) is 0 Å². The number of methoxy groups -OCH3 is 1. The van der Waals surface area contributed by atoms with Crippen LogP contribution in [0.5, 0.6) is 11.5 Å². The van der Waals surface area contributed by atoms with E-state index in [1.165, 1.54) is 31.4 Å². The molecule has 0 aliphatic carbocycles. The Bertz CT molecular complexity index is 1180. The van der Waals surface area contributed by atoms with Gasteiger partial charge in [-0.05, 0) is 41.5 Å². The van der Waals surface area contributed by atoms with Crippen molar-refractivity contribution in [2.75, 3.05) is 13.7 Å². The zero-order valence-corrected chi connectivity index (χ0v) is 17.2. The smallest absolute Gasteiger partial charge is 0.417 e. The molecule has 0 fully saturated rings. The number of halogens is 3. The van der Waals surface area contributed by atoms with Crippen molar-refractivity contribution >= 4 is 5.91 Å². The van der Waals surface area contributed by atoms with Crippen LogP contribution < -0.4 is 20.9 Å². The Morgan fingerprint density at radius 1 is 1.12 bits per heavy atom. The summed E-state index contributed by atoms with van der Waals surface area (Å²) in [5.41, 5.74) is 10.5. The van der Waals surface area contributed by atoms with E-state index in [4.69, 9.17) is 20.9 Å². The van der Waals surface area contributed by atoms with E-state index in [9.17, 15) is 18.0 Å². The van der Waals surface area contributed by atoms with Gasteiger partial charge in [0.1, 0.15) is 11.5 Å². The van der Waals surface area contributed by atoms with Gasteiger partial charge in [-0.25, -0.2) is 0 Å². The molecular weight excluding hydrogens is 421 g/mol. The van der Waals surface area contributed by atoms with Crippen LogP contribution in [-0.2, 0) is 18.2 Å². The Hall–Kier alpha value is -3.52. The summed E-state index contributed by atoms with van der Waals surface area (Å²) in [5.74, 6) is -0.274. The first kappa shape index (κ1) is 21.7. The molecule has 0 spiro atoms. The fourth-order valence-corrected chi connectivity index (χ4v) is 4.18. The van der Waals surface area contributed by atoms with Crippen LogP contribution in [0.25, 0.3) is 11.1 Å². The maximum Gasteiger partial charge on any atom is 0.417 e. The van der Waals surface area contributed by atoms with Gasteiger partial charge in [0.05, 0.1) is 12.7 Å². The molecule has 1 aliphatic heterocycles. The zero-order chi connectivity index (χ0) is 23.1. The molecule has 32 heavy (non-hydrogen) atoms. The van der Waals surface area contributed by atoms with Gasteiger partial charge in [0, 0.05) is 29.7 Å². The summed E-state index contributed by atoms with van der Waals surface area (Å²) >= 11 is 0. The Kier molecular flexibility index (Phi) is 5.34. The largest absolute Gasteiger partial charge is 0.497 e. The first-order valence-corrected chi connectivity index (χ1v) is 9.86. The van der Waals surface area contributed by atoms with E-state index in [0.717, 1.165) is 11.6 Å². The number of hydrogen-bond donors (Lipinski definition) is 2. The number of carbonyl (C=O) groups is 1. The Balaban J connectivity index is 2.01. The van der Waals surface area contributed by atoms with Gasteiger partial charge in [0.15, 0.2) is 5.60 Å². The topological polar surface area (TPSA) is 87.6 Å². The maximum absolute atomic E-state index is 14.1. The minimum Gasteiger partial charge on any atom is -0.497 e. The van der Waals surface area contributed by atoms with Gasteiger partial charge in [-0.15, -0.1) is 0 Å². The monoisotopic (exact) mass is 442 g/mol. The van der Waals surface area contributed by atoms with Gasteiger partial charge in [0.2, 0.25) is 5.91 Å². The lowest BCUT2D eigenvalue weighted by Gasteiger charge is -2.27. The van der Waals surface area contributed by atoms with Crippen LogP contribution in [0, 0.1) is 0 Å². The third-order valence-corrected chi connectivity index (χ3v) is 5.73. The lowest BCUT2D eigenvalue weighted by Crippen LogP contribution is -2.39. The van der Waals surface area contributed by atoms with Crippen LogP contribution >= 0.6 is 0 Å². The van der Waals surface area contributed by atoms with Crippen molar-refractivity contribution in [3.63, 3.8) is 0 Å². The summed E-state index contributed by atoms with van der Waals surface area (Å²) in [6.45, 7) is 0.0489. The number of ether oxygens (including phenoxy) is 2. The van der Waals surface area contributed by atoms with E-state index in [0.29, 0.717) is 11.3 Å². The van der Waals surface area contributed by atoms with E-state index in [1.807, 2.05) is 30.3 Å². The molecule has 3 aromatic carbocycles. The molecule has 0 saturated heterocycles. The molecule has 4 N–H and O–H groups in total. The van der Waals surface area contributed by atoms with Crippen LogP contribution in [0.2, 0.25) is 0 Å². The number of rotatable bonds is 5. The average molecular weight is 442 g/mol. The van der Waals surface area contributed by atoms with Crippen LogP contribution in [-0.4, -0.2) is 19.6 Å². The number of primary amides is 1. The molecule has 166 valence electrons. The molecule has 0 aromatic heterocycles. The summed E-state index contributed by atoms with van der Waals surface area (Å²) in [4.78, 5) is 12.1. The van der Waals surface area contributed by atoms with Crippen molar-refractivity contribution in [2.45, 2.75) is 18.2 Å². The second-order valence-corrected chi connectivity index (χ2v) is 7.58. The predicted molar refractivity (Wildman–Crippen MR) is 113 cm³/mol. The highest BCUT2D eigenvalue weighted by Crippen LogP contribution is 2.50. The Labute approximate surface area is 182 Å². The Morgan fingerprint density at radius 2 is 1.84 bits per heavy atom. The summed E-state index contributed by atoms with van der Waals surface area (Å²) in [7, 11) is 1.39. The van der Waals surface area contributed by atoms with Crippen LogP contribution in [0.1, 0.15) is 27.0 Å². The zero-order valence-electron chi connectivity index (χ0n) is 17.2. The van der Waals surface area contributed by atoms with Crippen molar-refractivity contribution in [3.8, 4) is 22.6 Å². The lowest BCUT2D eigenvalue weighted by molar-refractivity contribution is -0.137. The number of amides is 1. The molecule has 0 bridgehead atoms. The van der Waals surface area contributed by atoms with Crippen molar-refractivity contribution in [1.29, 1.82) is 0 Å². The van der Waals surface area contributed by atoms with Crippen LogP contribution in [0.3, 0.4) is 0 Å². The summed E-state index contributed by atoms with van der Waals surface area (Å²) < 4.78 is 53.7. The summed E-state index contributed by atoms with van der Waals surface area (Å²) in [6, 6.07) is 15.6. The first-order valence-electron chi connectivity index (χ1n) is 9.86. The molecule has 8 heteroatoms. The molecule has 4 rings (SSSR count). The van der Waals surface area contributed by atoms with E-state index in [1.54, 1.807) is 0 Å². The SMILES string of the molecule is COc1ccc(C(N)=O)c(-c2c(C(F)(F)F)ccc3c2C[C@@](CN)(c2ccccc2)O3)c1. The second-order valence-electron chi connectivity index (χ2n) is 7.58. The number of hydrogen-bond acceptors (Lipinski definition) is 4. The fourth-order valence-electron chi connectivity index (χ4n) is 4.18. The number of alkyl halides is 3. The molecule has 0 saturated carbocycles. The van der Waals surface area contributed by atoms with Gasteiger partial charge >= 0.3 is 6.18 Å². The molecule has 0 radical (unpaired) electrons. The van der Waals surface area contributed by atoms with Crippen LogP contribution in [0.4, 0.5) is 13.2 Å². The quantitative estimate of drug-likeness (QED) is 0.618. The van der Waals surface area contributed by atoms with E-state index in [-0.39, 0.29) is 35.4 Å². The minimum atomic E-state index is -4.68. The molecule has 1 heterocycles. The lowest BCUT2D eigenvalue weighted by atomic mass is 9.84.